The summed E-state index contributed by atoms with van der Waals surface area (Å²) in [6, 6.07) is 16.9. The fourth-order valence-corrected chi connectivity index (χ4v) is 3.89. The van der Waals surface area contributed by atoms with Gasteiger partial charge in [0.1, 0.15) is 12.3 Å². The van der Waals surface area contributed by atoms with Crippen molar-refractivity contribution in [3.8, 4) is 5.75 Å². The molecule has 0 bridgehead atoms. The normalized spacial score (nSPS) is 15.5. The number of hydrogen-bond acceptors (Lipinski definition) is 3. The first-order chi connectivity index (χ1) is 14.0. The number of ether oxygens (including phenoxy) is 1. The Morgan fingerprint density at radius 2 is 1.69 bits per heavy atom. The minimum Gasteiger partial charge on any atom is -0.495 e. The molecule has 3 rings (SSSR count). The van der Waals surface area contributed by atoms with Crippen LogP contribution in [0.2, 0.25) is 0 Å². The zero-order valence-corrected chi connectivity index (χ0v) is 18.1. The van der Waals surface area contributed by atoms with E-state index in [2.05, 4.69) is 56.1 Å². The molecule has 1 heterocycles. The Morgan fingerprint density at radius 1 is 1.03 bits per heavy atom. The molecule has 2 aromatic carbocycles. The molecule has 1 fully saturated rings. The van der Waals surface area contributed by atoms with Crippen molar-refractivity contribution in [3.05, 3.63) is 59.7 Å². The molecule has 0 radical (unpaired) electrons. The Bertz CT molecular complexity index is 796. The number of nitrogens with zero attached hydrogens (tertiary/aromatic N) is 2. The van der Waals surface area contributed by atoms with Gasteiger partial charge in [0.05, 0.1) is 19.8 Å². The van der Waals surface area contributed by atoms with E-state index in [1.807, 2.05) is 23.1 Å². The second-order valence-corrected chi connectivity index (χ2v) is 8.25. The molecule has 0 spiro atoms. The van der Waals surface area contributed by atoms with Gasteiger partial charge < -0.3 is 19.4 Å². The van der Waals surface area contributed by atoms with Crippen molar-refractivity contribution in [2.75, 3.05) is 51.8 Å². The van der Waals surface area contributed by atoms with Crippen molar-refractivity contribution in [1.29, 1.82) is 0 Å². The Balaban J connectivity index is 1.49. The number of piperazine rings is 1. The van der Waals surface area contributed by atoms with Gasteiger partial charge in [-0.1, -0.05) is 50.2 Å². The summed E-state index contributed by atoms with van der Waals surface area (Å²) in [6.45, 7) is 8.99. The molecule has 1 aliphatic heterocycles. The number of amides is 1. The number of likely N-dealkylation sites (N-methyl/N-ethyl adjacent to an activating group) is 1. The van der Waals surface area contributed by atoms with Gasteiger partial charge in [-0.3, -0.25) is 4.79 Å². The van der Waals surface area contributed by atoms with Gasteiger partial charge in [0.15, 0.2) is 6.54 Å². The van der Waals surface area contributed by atoms with Crippen LogP contribution in [0.5, 0.6) is 5.75 Å². The topological polar surface area (TPSA) is 37.2 Å². The second kappa shape index (κ2) is 9.79. The molecular weight excluding hydrogens is 362 g/mol. The molecule has 1 amide bonds. The van der Waals surface area contributed by atoms with Gasteiger partial charge in [-0.2, -0.15) is 0 Å². The fraction of sp³-hybridized carbons (Fsp3) is 0.458. The third-order valence-electron chi connectivity index (χ3n) is 5.66. The van der Waals surface area contributed by atoms with E-state index in [0.717, 1.165) is 44.2 Å². The van der Waals surface area contributed by atoms with Gasteiger partial charge in [-0.25, -0.2) is 0 Å². The van der Waals surface area contributed by atoms with Crippen molar-refractivity contribution in [3.63, 3.8) is 0 Å². The quantitative estimate of drug-likeness (QED) is 0.780. The highest BCUT2D eigenvalue weighted by Crippen LogP contribution is 2.28. The number of anilines is 1. The van der Waals surface area contributed by atoms with E-state index in [4.69, 9.17) is 4.74 Å². The van der Waals surface area contributed by atoms with E-state index in [-0.39, 0.29) is 5.91 Å². The van der Waals surface area contributed by atoms with E-state index in [9.17, 15) is 4.79 Å². The zero-order valence-electron chi connectivity index (χ0n) is 18.1. The van der Waals surface area contributed by atoms with E-state index in [0.29, 0.717) is 12.5 Å². The summed E-state index contributed by atoms with van der Waals surface area (Å²) >= 11 is 0. The first kappa shape index (κ1) is 21.2. The first-order valence-corrected chi connectivity index (χ1v) is 10.5. The van der Waals surface area contributed by atoms with E-state index in [1.165, 1.54) is 16.0 Å². The van der Waals surface area contributed by atoms with Gasteiger partial charge in [0, 0.05) is 31.7 Å². The smallest absolute Gasteiger partial charge is 0.277 e. The molecule has 1 N–H and O–H groups in total. The van der Waals surface area contributed by atoms with Crippen molar-refractivity contribution in [2.24, 2.45) is 0 Å². The maximum atomic E-state index is 12.8. The SMILES string of the molecule is COc1ccccc1N1CCN(C(=O)C[NH+](C)Cc2ccc(C(C)C)cc2)CC1. The van der Waals surface area contributed by atoms with Crippen molar-refractivity contribution >= 4 is 11.6 Å². The average Bonchev–Trinajstić information content (AvgIpc) is 2.74. The lowest BCUT2D eigenvalue weighted by Crippen LogP contribution is -3.09. The summed E-state index contributed by atoms with van der Waals surface area (Å²) in [5.41, 5.74) is 3.74. The first-order valence-electron chi connectivity index (χ1n) is 10.5. The van der Waals surface area contributed by atoms with Crippen LogP contribution in [0.15, 0.2) is 48.5 Å². The summed E-state index contributed by atoms with van der Waals surface area (Å²) in [5.74, 6) is 1.67. The lowest BCUT2D eigenvalue weighted by atomic mass is 10.0. The predicted octanol–water partition coefficient (Wildman–Crippen LogP) is 2.18. The summed E-state index contributed by atoms with van der Waals surface area (Å²) in [5, 5.41) is 0. The van der Waals surface area contributed by atoms with Crippen LogP contribution in [-0.4, -0.2) is 57.7 Å². The maximum Gasteiger partial charge on any atom is 0.277 e. The molecule has 0 saturated carbocycles. The minimum atomic E-state index is 0.237. The summed E-state index contributed by atoms with van der Waals surface area (Å²) < 4.78 is 5.48. The van der Waals surface area contributed by atoms with Crippen LogP contribution in [-0.2, 0) is 11.3 Å². The Morgan fingerprint density at radius 3 is 2.31 bits per heavy atom. The number of nitrogens with one attached hydrogen (secondary N) is 1. The minimum absolute atomic E-state index is 0.237. The van der Waals surface area contributed by atoms with Crippen LogP contribution in [0.25, 0.3) is 0 Å². The number of benzene rings is 2. The number of carbonyl (C=O) groups is 1. The molecule has 2 aromatic rings. The van der Waals surface area contributed by atoms with Gasteiger partial charge in [-0.05, 0) is 23.6 Å². The molecule has 0 aromatic heterocycles. The van der Waals surface area contributed by atoms with Gasteiger partial charge in [0.25, 0.3) is 5.91 Å². The Kier molecular flexibility index (Phi) is 7.15. The lowest BCUT2D eigenvalue weighted by molar-refractivity contribution is -0.885. The second-order valence-electron chi connectivity index (χ2n) is 8.25. The van der Waals surface area contributed by atoms with Crippen LogP contribution < -0.4 is 14.5 Å². The Labute approximate surface area is 174 Å². The molecule has 1 atom stereocenters. The van der Waals surface area contributed by atoms with Crippen LogP contribution >= 0.6 is 0 Å². The van der Waals surface area contributed by atoms with Crippen LogP contribution in [0.1, 0.15) is 30.9 Å². The monoisotopic (exact) mass is 396 g/mol. The highest BCUT2D eigenvalue weighted by Gasteiger charge is 2.24. The standard InChI is InChI=1S/C24H33N3O2/c1-19(2)21-11-9-20(10-12-21)17-25(3)18-24(28)27-15-13-26(14-16-27)22-7-5-6-8-23(22)29-4/h5-12,19H,13-18H2,1-4H3/p+1. The van der Waals surface area contributed by atoms with Gasteiger partial charge in [0.2, 0.25) is 0 Å². The predicted molar refractivity (Wildman–Crippen MR) is 118 cm³/mol. The summed E-state index contributed by atoms with van der Waals surface area (Å²) in [6.07, 6.45) is 0. The molecule has 1 unspecified atom stereocenters. The Hall–Kier alpha value is -2.53. The molecule has 5 nitrogen and oxygen atoms in total. The van der Waals surface area contributed by atoms with E-state index in [1.54, 1.807) is 7.11 Å². The molecule has 0 aliphatic carbocycles. The van der Waals surface area contributed by atoms with Crippen LogP contribution in [0.4, 0.5) is 5.69 Å². The van der Waals surface area contributed by atoms with E-state index < -0.39 is 0 Å². The van der Waals surface area contributed by atoms with Gasteiger partial charge in [-0.15, -0.1) is 0 Å². The summed E-state index contributed by atoms with van der Waals surface area (Å²) in [7, 11) is 3.80. The molecule has 156 valence electrons. The molecule has 5 heteroatoms. The number of methoxy groups -OCH3 is 1. The number of hydrogen-bond donors (Lipinski definition) is 1. The molecule has 1 saturated heterocycles. The third kappa shape index (κ3) is 5.51. The van der Waals surface area contributed by atoms with E-state index >= 15 is 0 Å². The van der Waals surface area contributed by atoms with Crippen LogP contribution in [0.3, 0.4) is 0 Å². The fourth-order valence-electron chi connectivity index (χ4n) is 3.89. The van der Waals surface area contributed by atoms with Gasteiger partial charge >= 0.3 is 0 Å². The van der Waals surface area contributed by atoms with Crippen LogP contribution in [0, 0.1) is 0 Å². The number of quaternary nitrogens is 1. The lowest BCUT2D eigenvalue weighted by Gasteiger charge is -2.36. The van der Waals surface area contributed by atoms with Crippen molar-refractivity contribution in [1.82, 2.24) is 4.90 Å². The number of rotatable bonds is 7. The zero-order chi connectivity index (χ0) is 20.8. The largest absolute Gasteiger partial charge is 0.495 e. The number of para-hydroxylation sites is 2. The molecule has 1 aliphatic rings. The highest BCUT2D eigenvalue weighted by molar-refractivity contribution is 5.77. The maximum absolute atomic E-state index is 12.8. The number of carbonyl (C=O) groups excluding carboxylic acids is 1. The molecule has 29 heavy (non-hydrogen) atoms. The van der Waals surface area contributed by atoms with Crippen molar-refractivity contribution in [2.45, 2.75) is 26.3 Å². The average molecular weight is 397 g/mol. The summed E-state index contributed by atoms with van der Waals surface area (Å²) in [4.78, 5) is 18.3. The third-order valence-corrected chi connectivity index (χ3v) is 5.66. The molecular formula is C24H34N3O2+. The highest BCUT2D eigenvalue weighted by atomic mass is 16.5. The van der Waals surface area contributed by atoms with Crippen molar-refractivity contribution < 1.29 is 14.4 Å².